The molecule has 2 bridgehead atoms. The average molecular weight is 248 g/mol. The van der Waals surface area contributed by atoms with Crippen molar-refractivity contribution in [3.63, 3.8) is 0 Å². The Balaban J connectivity index is 1.56. The van der Waals surface area contributed by atoms with Gasteiger partial charge in [0.15, 0.2) is 0 Å². The van der Waals surface area contributed by atoms with Crippen molar-refractivity contribution < 1.29 is 9.47 Å². The molecule has 2 saturated heterocycles. The van der Waals surface area contributed by atoms with E-state index in [0.717, 1.165) is 13.0 Å². The van der Waals surface area contributed by atoms with E-state index in [2.05, 4.69) is 32.1 Å². The molecule has 0 spiro atoms. The van der Waals surface area contributed by atoms with Gasteiger partial charge in [0.25, 0.3) is 0 Å². The van der Waals surface area contributed by atoms with Gasteiger partial charge in [0.1, 0.15) is 0 Å². The molecule has 0 N–H and O–H groups in total. The summed E-state index contributed by atoms with van der Waals surface area (Å²) in [7, 11) is 0. The van der Waals surface area contributed by atoms with E-state index in [0.29, 0.717) is 12.0 Å². The third-order valence-electron chi connectivity index (χ3n) is 4.54. The van der Waals surface area contributed by atoms with Gasteiger partial charge in [-0.15, -0.1) is 0 Å². The van der Waals surface area contributed by atoms with Crippen LogP contribution in [0.5, 0.6) is 0 Å². The molecule has 0 aromatic heterocycles. The van der Waals surface area contributed by atoms with E-state index in [-0.39, 0.29) is 11.7 Å². The molecule has 3 rings (SSSR count). The monoisotopic (exact) mass is 248 g/mol. The van der Waals surface area contributed by atoms with Crippen molar-refractivity contribution >= 4 is 0 Å². The standard InChI is InChI=1S/C16H24O2/c1-12(2)13-4-3-5-15(10-13)17-11-16-8-6-14(18-16)7-9-16/h3-4,10,12,14-15H,5-9,11H2,1-2H3. The van der Waals surface area contributed by atoms with Crippen LogP contribution in [0.1, 0.15) is 46.0 Å². The van der Waals surface area contributed by atoms with Crippen molar-refractivity contribution in [2.75, 3.05) is 6.61 Å². The van der Waals surface area contributed by atoms with Crippen molar-refractivity contribution in [2.24, 2.45) is 5.92 Å². The summed E-state index contributed by atoms with van der Waals surface area (Å²) in [5, 5.41) is 0. The molecule has 0 aromatic rings. The highest BCUT2D eigenvalue weighted by Crippen LogP contribution is 2.43. The highest BCUT2D eigenvalue weighted by molar-refractivity contribution is 5.26. The fourth-order valence-corrected chi connectivity index (χ4v) is 3.32. The third kappa shape index (κ3) is 2.41. The van der Waals surface area contributed by atoms with Crippen LogP contribution in [0.25, 0.3) is 0 Å². The van der Waals surface area contributed by atoms with Crippen LogP contribution >= 0.6 is 0 Å². The quantitative estimate of drug-likeness (QED) is 0.756. The average Bonchev–Trinajstić information content (AvgIpc) is 2.98. The predicted molar refractivity (Wildman–Crippen MR) is 72.5 cm³/mol. The Labute approximate surface area is 110 Å². The molecule has 18 heavy (non-hydrogen) atoms. The molecule has 3 aliphatic rings. The van der Waals surface area contributed by atoms with Crippen molar-refractivity contribution in [2.45, 2.75) is 63.8 Å². The Morgan fingerprint density at radius 2 is 2.17 bits per heavy atom. The molecule has 1 aliphatic carbocycles. The van der Waals surface area contributed by atoms with Gasteiger partial charge in [-0.3, -0.25) is 0 Å². The van der Waals surface area contributed by atoms with Crippen LogP contribution < -0.4 is 0 Å². The Bertz CT molecular complexity index is 359. The molecule has 2 heteroatoms. The number of hydrogen-bond donors (Lipinski definition) is 0. The molecule has 2 fully saturated rings. The second kappa shape index (κ2) is 4.82. The molecule has 1 unspecified atom stereocenters. The van der Waals surface area contributed by atoms with Crippen LogP contribution in [-0.2, 0) is 9.47 Å². The molecule has 2 nitrogen and oxygen atoms in total. The first-order valence-electron chi connectivity index (χ1n) is 7.35. The van der Waals surface area contributed by atoms with E-state index in [9.17, 15) is 0 Å². The van der Waals surface area contributed by atoms with E-state index in [4.69, 9.17) is 9.47 Å². The third-order valence-corrected chi connectivity index (χ3v) is 4.54. The fraction of sp³-hybridized carbons (Fsp3) is 0.750. The molecule has 2 aliphatic heterocycles. The lowest BCUT2D eigenvalue weighted by atomic mass is 9.89. The maximum absolute atomic E-state index is 6.12. The normalized spacial score (nSPS) is 38.5. The van der Waals surface area contributed by atoms with Crippen LogP contribution in [-0.4, -0.2) is 24.4 Å². The van der Waals surface area contributed by atoms with Gasteiger partial charge >= 0.3 is 0 Å². The van der Waals surface area contributed by atoms with Crippen LogP contribution in [0, 0.1) is 5.92 Å². The van der Waals surface area contributed by atoms with Gasteiger partial charge in [-0.05, 0) is 43.6 Å². The summed E-state index contributed by atoms with van der Waals surface area (Å²) in [6.07, 6.45) is 13.4. The van der Waals surface area contributed by atoms with Gasteiger partial charge in [-0.25, -0.2) is 0 Å². The van der Waals surface area contributed by atoms with E-state index >= 15 is 0 Å². The number of allylic oxidation sites excluding steroid dienone is 2. The second-order valence-electron chi connectivity index (χ2n) is 6.31. The lowest BCUT2D eigenvalue weighted by Crippen LogP contribution is -2.33. The summed E-state index contributed by atoms with van der Waals surface area (Å²) < 4.78 is 12.2. The molecule has 100 valence electrons. The fourth-order valence-electron chi connectivity index (χ4n) is 3.32. The molecular formula is C16H24O2. The minimum Gasteiger partial charge on any atom is -0.371 e. The Morgan fingerprint density at radius 1 is 1.39 bits per heavy atom. The maximum atomic E-state index is 6.12. The summed E-state index contributed by atoms with van der Waals surface area (Å²) in [6.45, 7) is 5.25. The molecular weight excluding hydrogens is 224 g/mol. The second-order valence-corrected chi connectivity index (χ2v) is 6.31. The SMILES string of the molecule is CC(C)C1=CC(OCC23CCC(CC2)O3)CC=C1. The van der Waals surface area contributed by atoms with Gasteiger partial charge in [0.05, 0.1) is 24.4 Å². The molecule has 2 heterocycles. The molecule has 0 radical (unpaired) electrons. The first kappa shape index (κ1) is 12.4. The largest absolute Gasteiger partial charge is 0.371 e. The van der Waals surface area contributed by atoms with Gasteiger partial charge in [-0.1, -0.05) is 32.1 Å². The minimum atomic E-state index is 0.0671. The van der Waals surface area contributed by atoms with Crippen LogP contribution in [0.4, 0.5) is 0 Å². The van der Waals surface area contributed by atoms with Crippen molar-refractivity contribution in [3.05, 3.63) is 23.8 Å². The molecule has 1 atom stereocenters. The first-order chi connectivity index (χ1) is 8.67. The number of hydrogen-bond acceptors (Lipinski definition) is 2. The Hall–Kier alpha value is -0.600. The number of rotatable bonds is 4. The van der Waals surface area contributed by atoms with Gasteiger partial charge < -0.3 is 9.47 Å². The summed E-state index contributed by atoms with van der Waals surface area (Å²) in [5.41, 5.74) is 1.47. The predicted octanol–water partition coefficient (Wildman–Crippen LogP) is 3.63. The van der Waals surface area contributed by atoms with Crippen molar-refractivity contribution in [1.82, 2.24) is 0 Å². The molecule has 0 aromatic carbocycles. The van der Waals surface area contributed by atoms with E-state index < -0.39 is 0 Å². The summed E-state index contributed by atoms with van der Waals surface area (Å²) in [4.78, 5) is 0. The zero-order valence-electron chi connectivity index (χ0n) is 11.5. The van der Waals surface area contributed by atoms with E-state index in [1.54, 1.807) is 0 Å². The molecule has 0 saturated carbocycles. The van der Waals surface area contributed by atoms with E-state index in [1.807, 2.05) is 0 Å². The van der Waals surface area contributed by atoms with Gasteiger partial charge in [0, 0.05) is 0 Å². The van der Waals surface area contributed by atoms with Gasteiger partial charge in [-0.2, -0.15) is 0 Å². The topological polar surface area (TPSA) is 18.5 Å². The Morgan fingerprint density at radius 3 is 2.78 bits per heavy atom. The lowest BCUT2D eigenvalue weighted by Gasteiger charge is -2.27. The van der Waals surface area contributed by atoms with E-state index in [1.165, 1.54) is 31.3 Å². The zero-order valence-corrected chi connectivity index (χ0v) is 11.5. The first-order valence-corrected chi connectivity index (χ1v) is 7.35. The van der Waals surface area contributed by atoms with Gasteiger partial charge in [0.2, 0.25) is 0 Å². The Kier molecular flexibility index (Phi) is 3.33. The van der Waals surface area contributed by atoms with Crippen LogP contribution in [0.3, 0.4) is 0 Å². The number of fused-ring (bicyclic) bond motifs is 2. The zero-order chi connectivity index (χ0) is 12.6. The lowest BCUT2D eigenvalue weighted by molar-refractivity contribution is -0.0665. The van der Waals surface area contributed by atoms with Crippen LogP contribution in [0.15, 0.2) is 23.8 Å². The summed E-state index contributed by atoms with van der Waals surface area (Å²) >= 11 is 0. The van der Waals surface area contributed by atoms with Crippen LogP contribution in [0.2, 0.25) is 0 Å². The summed E-state index contributed by atoms with van der Waals surface area (Å²) in [6, 6.07) is 0. The van der Waals surface area contributed by atoms with Crippen molar-refractivity contribution in [3.8, 4) is 0 Å². The highest BCUT2D eigenvalue weighted by Gasteiger charge is 2.46. The smallest absolute Gasteiger partial charge is 0.0920 e. The summed E-state index contributed by atoms with van der Waals surface area (Å²) in [5.74, 6) is 0.587. The minimum absolute atomic E-state index is 0.0671. The highest BCUT2D eigenvalue weighted by atomic mass is 16.6. The van der Waals surface area contributed by atoms with Crippen molar-refractivity contribution in [1.29, 1.82) is 0 Å². The number of ether oxygens (including phenoxy) is 2. The maximum Gasteiger partial charge on any atom is 0.0920 e. The molecule has 0 amide bonds.